The van der Waals surface area contributed by atoms with Crippen LogP contribution in [0.3, 0.4) is 0 Å². The van der Waals surface area contributed by atoms with Crippen molar-refractivity contribution >= 4 is 57.8 Å². The van der Waals surface area contributed by atoms with E-state index in [1.165, 1.54) is 12.0 Å². The quantitative estimate of drug-likeness (QED) is 0.0749. The van der Waals surface area contributed by atoms with Crippen LogP contribution in [0.2, 0.25) is 5.15 Å². The SMILES string of the molecule is C=CC(F)(F)c1nc2ccccc2nc1Cl.C=CC(F)(F)c1nc2ccccc2nc1O[C@@H]1C[C@@H](C(=O)OC)N(C(=O)OC(C)(C)C)C1.CC(C)(C)OC(=O)N1C[C@H](O)C[C@H]1C(=O)O. The maximum atomic E-state index is 14.5. The molecule has 2 aromatic carbocycles. The van der Waals surface area contributed by atoms with E-state index < -0.39 is 88.7 Å². The molecule has 4 aromatic rings. The number of methoxy groups -OCH3 is 1. The second kappa shape index (κ2) is 20.1. The van der Waals surface area contributed by atoms with Crippen molar-refractivity contribution in [1.29, 1.82) is 0 Å². The summed E-state index contributed by atoms with van der Waals surface area (Å²) in [7, 11) is 1.20. The number of aliphatic hydroxyl groups excluding tert-OH is 1. The third-order valence-electron chi connectivity index (χ3n) is 9.05. The van der Waals surface area contributed by atoms with Crippen molar-refractivity contribution < 1.29 is 65.9 Å². The molecule has 16 nitrogen and oxygen atoms in total. The van der Waals surface area contributed by atoms with Crippen LogP contribution in [-0.4, -0.2) is 120 Å². The standard InChI is InChI=1S/C22H25F2N3O5.C11H7ClF2N2.C10H17NO5/c1-6-22(23,24)17-18(26-15-10-8-7-9-14(15)25-17)31-13-11-16(19(28)30-5)27(12-13)20(29)32-21(2,3)4;1-2-11(13,14)9-10(12)16-8-6-4-3-5-7(8)15-9;1-10(2,3)16-9(15)11-5-6(12)4-7(11)8(13)14/h6-10,13,16H,1,11-12H2,2-5H3;2-6H,1H2;6-7,12H,4-5H2,1-3H3,(H,13,14)/t13-,16+;;6-,7+/m1.1/s1. The minimum absolute atomic E-state index is 0.00583. The van der Waals surface area contributed by atoms with E-state index >= 15 is 0 Å². The van der Waals surface area contributed by atoms with Crippen molar-refractivity contribution in [3.05, 3.63) is 90.4 Å². The van der Waals surface area contributed by atoms with Gasteiger partial charge in [0.1, 0.15) is 29.4 Å². The van der Waals surface area contributed by atoms with Crippen molar-refractivity contribution in [3.63, 3.8) is 0 Å². The number of fused-ring (bicyclic) bond motifs is 2. The zero-order valence-corrected chi connectivity index (χ0v) is 36.8. The number of ether oxygens (including phenoxy) is 4. The molecule has 64 heavy (non-hydrogen) atoms. The molecule has 4 heterocycles. The molecule has 0 aliphatic carbocycles. The van der Waals surface area contributed by atoms with Crippen molar-refractivity contribution in [1.82, 2.24) is 29.7 Å². The van der Waals surface area contributed by atoms with Gasteiger partial charge >= 0.3 is 36.0 Å². The van der Waals surface area contributed by atoms with Crippen LogP contribution in [0.4, 0.5) is 27.2 Å². The lowest BCUT2D eigenvalue weighted by molar-refractivity contribution is -0.145. The lowest BCUT2D eigenvalue weighted by Gasteiger charge is -2.27. The molecule has 21 heteroatoms. The van der Waals surface area contributed by atoms with Crippen LogP contribution in [0.25, 0.3) is 22.1 Å². The van der Waals surface area contributed by atoms with Crippen LogP contribution in [0.15, 0.2) is 73.8 Å². The van der Waals surface area contributed by atoms with E-state index in [0.29, 0.717) is 28.7 Å². The molecule has 2 aliphatic rings. The Morgan fingerprint density at radius 1 is 0.719 bits per heavy atom. The first-order valence-electron chi connectivity index (χ1n) is 19.6. The van der Waals surface area contributed by atoms with Gasteiger partial charge in [0.2, 0.25) is 5.88 Å². The molecule has 0 bridgehead atoms. The summed E-state index contributed by atoms with van der Waals surface area (Å²) in [6, 6.07) is 11.2. The van der Waals surface area contributed by atoms with Crippen molar-refractivity contribution in [2.24, 2.45) is 0 Å². The van der Waals surface area contributed by atoms with E-state index in [2.05, 4.69) is 33.1 Å². The molecule has 2 N–H and O–H groups in total. The van der Waals surface area contributed by atoms with Gasteiger partial charge in [-0.05, 0) is 78.0 Å². The number of likely N-dealkylation sites (tertiary alicyclic amines) is 2. The summed E-state index contributed by atoms with van der Waals surface area (Å²) < 4.78 is 76.8. The number of nitrogens with zero attached hydrogens (tertiary/aromatic N) is 6. The highest BCUT2D eigenvalue weighted by Crippen LogP contribution is 2.37. The monoisotopic (exact) mass is 920 g/mol. The number of hydrogen-bond acceptors (Lipinski definition) is 13. The lowest BCUT2D eigenvalue weighted by atomic mass is 10.2. The predicted molar refractivity (Wildman–Crippen MR) is 225 cm³/mol. The molecule has 2 aliphatic heterocycles. The Balaban J connectivity index is 0.000000234. The molecule has 0 spiro atoms. The lowest BCUT2D eigenvalue weighted by Crippen LogP contribution is -2.44. The van der Waals surface area contributed by atoms with Crippen molar-refractivity contribution in [2.75, 3.05) is 20.2 Å². The first kappa shape index (κ1) is 50.5. The number of carbonyl (C=O) groups is 4. The van der Waals surface area contributed by atoms with Gasteiger partial charge in [-0.2, -0.15) is 17.6 Å². The van der Waals surface area contributed by atoms with Gasteiger partial charge in [-0.1, -0.05) is 49.0 Å². The van der Waals surface area contributed by atoms with Crippen LogP contribution in [-0.2, 0) is 35.6 Å². The van der Waals surface area contributed by atoms with Crippen LogP contribution in [0.1, 0.15) is 65.8 Å². The van der Waals surface area contributed by atoms with E-state index in [4.69, 9.17) is 35.7 Å². The number of benzene rings is 2. The van der Waals surface area contributed by atoms with Crippen LogP contribution in [0.5, 0.6) is 5.88 Å². The number of rotatable bonds is 8. The van der Waals surface area contributed by atoms with Crippen LogP contribution >= 0.6 is 11.6 Å². The van der Waals surface area contributed by atoms with E-state index in [0.717, 1.165) is 4.90 Å². The molecule has 2 aromatic heterocycles. The topological polar surface area (TPSA) is 204 Å². The molecule has 0 unspecified atom stereocenters. The number of halogens is 5. The fourth-order valence-electron chi connectivity index (χ4n) is 6.16. The van der Waals surface area contributed by atoms with Crippen molar-refractivity contribution in [2.45, 2.75) is 102 Å². The molecule has 2 fully saturated rings. The minimum Gasteiger partial charge on any atom is -0.480 e. The maximum Gasteiger partial charge on any atom is 0.411 e. The van der Waals surface area contributed by atoms with E-state index in [-0.39, 0.29) is 36.6 Å². The molecular formula is C43H49ClF4N6O10. The number of aliphatic carboxylic acids is 1. The Labute approximate surface area is 370 Å². The highest BCUT2D eigenvalue weighted by molar-refractivity contribution is 6.30. The van der Waals surface area contributed by atoms with Gasteiger partial charge in [-0.3, -0.25) is 9.80 Å². The normalized spacial score (nSPS) is 18.8. The zero-order chi connectivity index (χ0) is 47.9. The number of allylic oxidation sites excluding steroid dienone is 2. The highest BCUT2D eigenvalue weighted by Gasteiger charge is 2.45. The number of esters is 1. The van der Waals surface area contributed by atoms with Gasteiger partial charge in [-0.15, -0.1) is 0 Å². The number of carboxylic acids is 1. The third kappa shape index (κ3) is 13.0. The Kier molecular flexibility index (Phi) is 15.9. The largest absolute Gasteiger partial charge is 0.480 e. The number of hydrogen-bond donors (Lipinski definition) is 2. The Morgan fingerprint density at radius 3 is 1.61 bits per heavy atom. The van der Waals surface area contributed by atoms with Gasteiger partial charge in [0.25, 0.3) is 0 Å². The number of carboxylic acid groups (broad SMARTS) is 1. The molecule has 4 atom stereocenters. The molecule has 2 amide bonds. The molecular weight excluding hydrogens is 872 g/mol. The first-order valence-corrected chi connectivity index (χ1v) is 20.0. The number of alkyl halides is 4. The summed E-state index contributed by atoms with van der Waals surface area (Å²) in [5.41, 5.74) is -1.24. The fourth-order valence-corrected chi connectivity index (χ4v) is 6.42. The molecule has 2 saturated heterocycles. The summed E-state index contributed by atoms with van der Waals surface area (Å²) in [4.78, 5) is 65.5. The summed E-state index contributed by atoms with van der Waals surface area (Å²) in [6.07, 6.45) is -2.03. The Bertz CT molecular complexity index is 2380. The average molecular weight is 921 g/mol. The van der Waals surface area contributed by atoms with Crippen LogP contribution in [0, 0.1) is 0 Å². The van der Waals surface area contributed by atoms with Gasteiger partial charge in [0.05, 0.1) is 48.4 Å². The number of β-amino-alcohol motifs (C(OH)–C–C–N with tert-alkyl or cyclic N) is 1. The molecule has 346 valence electrons. The number of carbonyl (C=O) groups excluding carboxylic acids is 3. The molecule has 0 saturated carbocycles. The number of aromatic nitrogens is 4. The summed E-state index contributed by atoms with van der Waals surface area (Å²) in [5, 5.41) is 17.9. The van der Waals surface area contributed by atoms with Gasteiger partial charge in [0, 0.05) is 12.8 Å². The Morgan fingerprint density at radius 2 is 1.16 bits per heavy atom. The van der Waals surface area contributed by atoms with E-state index in [1.54, 1.807) is 90.1 Å². The maximum absolute atomic E-state index is 14.5. The third-order valence-corrected chi connectivity index (χ3v) is 9.31. The van der Waals surface area contributed by atoms with Gasteiger partial charge in [-0.25, -0.2) is 39.1 Å². The summed E-state index contributed by atoms with van der Waals surface area (Å²) >= 11 is 5.67. The van der Waals surface area contributed by atoms with E-state index in [1.807, 2.05) is 0 Å². The van der Waals surface area contributed by atoms with Crippen molar-refractivity contribution in [3.8, 4) is 5.88 Å². The van der Waals surface area contributed by atoms with Gasteiger partial charge in [0.15, 0.2) is 16.5 Å². The minimum atomic E-state index is -3.50. The zero-order valence-electron chi connectivity index (χ0n) is 36.1. The molecule has 0 radical (unpaired) electrons. The van der Waals surface area contributed by atoms with Gasteiger partial charge < -0.3 is 29.2 Å². The number of aliphatic hydroxyl groups is 1. The highest BCUT2D eigenvalue weighted by atomic mass is 35.5. The second-order valence-corrected chi connectivity index (χ2v) is 16.8. The first-order chi connectivity index (χ1) is 29.7. The fraction of sp³-hybridized carbons (Fsp3) is 0.442. The number of para-hydroxylation sites is 4. The summed E-state index contributed by atoms with van der Waals surface area (Å²) in [6.45, 7) is 16.3. The molecule has 6 rings (SSSR count). The second-order valence-electron chi connectivity index (χ2n) is 16.4. The Hall–Kier alpha value is -6.15. The van der Waals surface area contributed by atoms with E-state index in [9.17, 15) is 41.8 Å². The average Bonchev–Trinajstić information content (AvgIpc) is 3.83. The van der Waals surface area contributed by atoms with Crippen LogP contribution < -0.4 is 4.74 Å². The summed E-state index contributed by atoms with van der Waals surface area (Å²) in [5.74, 6) is -8.95. The number of amides is 2. The smallest absolute Gasteiger partial charge is 0.411 e. The predicted octanol–water partition coefficient (Wildman–Crippen LogP) is 7.84.